The van der Waals surface area contributed by atoms with Gasteiger partial charge in [-0.2, -0.15) is 0 Å². The van der Waals surface area contributed by atoms with E-state index in [0.717, 1.165) is 62.4 Å². The van der Waals surface area contributed by atoms with Crippen LogP contribution in [0.3, 0.4) is 0 Å². The second-order valence-electron chi connectivity index (χ2n) is 7.52. The summed E-state index contributed by atoms with van der Waals surface area (Å²) in [6, 6.07) is 7.86. The Balaban J connectivity index is 0.00000225. The molecule has 5 heteroatoms. The highest BCUT2D eigenvalue weighted by molar-refractivity contribution is 6.30. The lowest BCUT2D eigenvalue weighted by Crippen LogP contribution is -2.51. The third-order valence-corrected chi connectivity index (χ3v) is 6.71. The molecule has 0 saturated carbocycles. The first kappa shape index (κ1) is 20.5. The zero-order chi connectivity index (χ0) is 17.2. The molecule has 1 aromatic rings. The molecule has 3 nitrogen and oxygen atoms in total. The van der Waals surface area contributed by atoms with Gasteiger partial charge in [-0.3, -0.25) is 4.79 Å². The summed E-state index contributed by atoms with van der Waals surface area (Å²) in [6.07, 6.45) is 5.19. The highest BCUT2D eigenvalue weighted by atomic mass is 35.5. The SMILES string of the molecule is CCC(CC)(C(=O)N1CCC2(CCNC2)CC1)c1ccc(Cl)cc1.Cl. The Morgan fingerprint density at radius 3 is 2.24 bits per heavy atom. The summed E-state index contributed by atoms with van der Waals surface area (Å²) in [5.41, 5.74) is 1.13. The van der Waals surface area contributed by atoms with Gasteiger partial charge in [-0.25, -0.2) is 0 Å². The van der Waals surface area contributed by atoms with E-state index in [1.54, 1.807) is 0 Å². The molecule has 3 rings (SSSR count). The molecular formula is C20H30Cl2N2O. The number of benzene rings is 1. The van der Waals surface area contributed by atoms with Gasteiger partial charge in [0.05, 0.1) is 5.41 Å². The Kier molecular flexibility index (Phi) is 6.80. The number of halogens is 2. The molecule has 1 N–H and O–H groups in total. The topological polar surface area (TPSA) is 32.3 Å². The Morgan fingerprint density at radius 2 is 1.76 bits per heavy atom. The van der Waals surface area contributed by atoms with E-state index in [1.165, 1.54) is 6.42 Å². The van der Waals surface area contributed by atoms with E-state index in [9.17, 15) is 4.79 Å². The molecule has 0 aromatic heterocycles. The molecule has 0 bridgehead atoms. The summed E-state index contributed by atoms with van der Waals surface area (Å²) in [6.45, 7) is 8.31. The van der Waals surface area contributed by atoms with Gasteiger partial charge in [-0.05, 0) is 61.8 Å². The summed E-state index contributed by atoms with van der Waals surface area (Å²) in [7, 11) is 0. The molecule has 140 valence electrons. The Labute approximate surface area is 162 Å². The van der Waals surface area contributed by atoms with Gasteiger partial charge < -0.3 is 10.2 Å². The predicted octanol–water partition coefficient (Wildman–Crippen LogP) is 4.42. The van der Waals surface area contributed by atoms with Crippen molar-refractivity contribution in [1.82, 2.24) is 10.2 Å². The summed E-state index contributed by atoms with van der Waals surface area (Å²) < 4.78 is 0. The molecule has 0 unspecified atom stereocenters. The second-order valence-corrected chi connectivity index (χ2v) is 7.95. The van der Waals surface area contributed by atoms with Gasteiger partial charge in [-0.1, -0.05) is 37.6 Å². The molecule has 2 heterocycles. The highest BCUT2D eigenvalue weighted by Gasteiger charge is 2.43. The minimum Gasteiger partial charge on any atom is -0.342 e. The fourth-order valence-electron chi connectivity index (χ4n) is 4.56. The number of likely N-dealkylation sites (tertiary alicyclic amines) is 1. The third kappa shape index (κ3) is 3.84. The molecule has 1 amide bonds. The van der Waals surface area contributed by atoms with Crippen LogP contribution in [0, 0.1) is 5.41 Å². The van der Waals surface area contributed by atoms with Crippen LogP contribution >= 0.6 is 24.0 Å². The normalized spacial score (nSPS) is 19.7. The van der Waals surface area contributed by atoms with E-state index in [4.69, 9.17) is 11.6 Å². The van der Waals surface area contributed by atoms with Crippen molar-refractivity contribution in [1.29, 1.82) is 0 Å². The standard InChI is InChI=1S/C20H29ClN2O.ClH/c1-3-20(4-2,16-5-7-17(21)8-6-16)18(24)23-13-10-19(11-14-23)9-12-22-15-19;/h5-8,22H,3-4,9-15H2,1-2H3;1H. The number of nitrogens with zero attached hydrogens (tertiary/aromatic N) is 1. The van der Waals surface area contributed by atoms with Crippen LogP contribution in [0.15, 0.2) is 24.3 Å². The summed E-state index contributed by atoms with van der Waals surface area (Å²) in [5, 5.41) is 4.22. The number of amides is 1. The maximum atomic E-state index is 13.4. The molecule has 0 atom stereocenters. The molecule has 2 saturated heterocycles. The number of hydrogen-bond donors (Lipinski definition) is 1. The average molecular weight is 385 g/mol. The van der Waals surface area contributed by atoms with Crippen molar-refractivity contribution in [2.75, 3.05) is 26.2 Å². The molecule has 0 radical (unpaired) electrons. The van der Waals surface area contributed by atoms with Crippen molar-refractivity contribution >= 4 is 29.9 Å². The lowest BCUT2D eigenvalue weighted by atomic mass is 9.73. The van der Waals surface area contributed by atoms with Crippen LogP contribution in [0.5, 0.6) is 0 Å². The largest absolute Gasteiger partial charge is 0.342 e. The molecule has 2 aliphatic rings. The highest BCUT2D eigenvalue weighted by Crippen LogP contribution is 2.40. The number of nitrogens with one attached hydrogen (secondary N) is 1. The number of carbonyl (C=O) groups is 1. The predicted molar refractivity (Wildman–Crippen MR) is 107 cm³/mol. The molecule has 25 heavy (non-hydrogen) atoms. The molecule has 0 aliphatic carbocycles. The first-order valence-electron chi connectivity index (χ1n) is 9.31. The van der Waals surface area contributed by atoms with Gasteiger partial charge in [0, 0.05) is 24.7 Å². The number of carbonyl (C=O) groups excluding carboxylic acids is 1. The zero-order valence-electron chi connectivity index (χ0n) is 15.3. The van der Waals surface area contributed by atoms with Gasteiger partial charge >= 0.3 is 0 Å². The Morgan fingerprint density at radius 1 is 1.16 bits per heavy atom. The molecular weight excluding hydrogens is 355 g/mol. The minimum absolute atomic E-state index is 0. The fourth-order valence-corrected chi connectivity index (χ4v) is 4.69. The van der Waals surface area contributed by atoms with Gasteiger partial charge in [0.2, 0.25) is 5.91 Å². The van der Waals surface area contributed by atoms with Crippen LogP contribution in [-0.4, -0.2) is 37.0 Å². The zero-order valence-corrected chi connectivity index (χ0v) is 16.9. The van der Waals surface area contributed by atoms with Crippen LogP contribution in [0.2, 0.25) is 5.02 Å². The first-order valence-corrected chi connectivity index (χ1v) is 9.69. The van der Waals surface area contributed by atoms with E-state index in [-0.39, 0.29) is 12.4 Å². The molecule has 1 aromatic carbocycles. The summed E-state index contributed by atoms with van der Waals surface area (Å²) in [4.78, 5) is 15.6. The molecule has 2 aliphatic heterocycles. The van der Waals surface area contributed by atoms with Crippen LogP contribution in [0.4, 0.5) is 0 Å². The monoisotopic (exact) mass is 384 g/mol. The van der Waals surface area contributed by atoms with Crippen molar-refractivity contribution in [2.45, 2.75) is 51.4 Å². The third-order valence-electron chi connectivity index (χ3n) is 6.46. The Bertz CT molecular complexity index is 568. The lowest BCUT2D eigenvalue weighted by Gasteiger charge is -2.43. The van der Waals surface area contributed by atoms with Crippen LogP contribution in [-0.2, 0) is 10.2 Å². The number of hydrogen-bond acceptors (Lipinski definition) is 2. The fraction of sp³-hybridized carbons (Fsp3) is 0.650. The van der Waals surface area contributed by atoms with Gasteiger partial charge in [-0.15, -0.1) is 12.4 Å². The minimum atomic E-state index is -0.414. The van der Waals surface area contributed by atoms with Crippen molar-refractivity contribution in [3.8, 4) is 0 Å². The summed E-state index contributed by atoms with van der Waals surface area (Å²) >= 11 is 6.04. The molecule has 1 spiro atoms. The van der Waals surface area contributed by atoms with Gasteiger partial charge in [0.1, 0.15) is 0 Å². The molecule has 2 fully saturated rings. The van der Waals surface area contributed by atoms with E-state index in [2.05, 4.69) is 24.1 Å². The maximum Gasteiger partial charge on any atom is 0.233 e. The lowest BCUT2D eigenvalue weighted by molar-refractivity contribution is -0.140. The Hall–Kier alpha value is -0.770. The quantitative estimate of drug-likeness (QED) is 0.832. The maximum absolute atomic E-state index is 13.4. The van der Waals surface area contributed by atoms with Crippen LogP contribution in [0.25, 0.3) is 0 Å². The first-order chi connectivity index (χ1) is 11.6. The smallest absolute Gasteiger partial charge is 0.233 e. The van der Waals surface area contributed by atoms with Gasteiger partial charge in [0.15, 0.2) is 0 Å². The van der Waals surface area contributed by atoms with Crippen LogP contribution < -0.4 is 5.32 Å². The number of piperidine rings is 1. The van der Waals surface area contributed by atoms with Crippen molar-refractivity contribution in [3.63, 3.8) is 0 Å². The summed E-state index contributed by atoms with van der Waals surface area (Å²) in [5.74, 6) is 0.302. The van der Waals surface area contributed by atoms with E-state index in [1.807, 2.05) is 24.3 Å². The number of rotatable bonds is 4. The van der Waals surface area contributed by atoms with Crippen LogP contribution in [0.1, 0.15) is 51.5 Å². The van der Waals surface area contributed by atoms with E-state index < -0.39 is 5.41 Å². The second kappa shape index (κ2) is 8.28. The van der Waals surface area contributed by atoms with E-state index >= 15 is 0 Å². The van der Waals surface area contributed by atoms with Crippen molar-refractivity contribution in [3.05, 3.63) is 34.9 Å². The van der Waals surface area contributed by atoms with Crippen molar-refractivity contribution < 1.29 is 4.79 Å². The van der Waals surface area contributed by atoms with Gasteiger partial charge in [0.25, 0.3) is 0 Å². The average Bonchev–Trinajstić information content (AvgIpc) is 3.06. The van der Waals surface area contributed by atoms with E-state index in [0.29, 0.717) is 11.3 Å². The van der Waals surface area contributed by atoms with Crippen molar-refractivity contribution in [2.24, 2.45) is 5.41 Å².